The minimum Gasteiger partial charge on any atom is -0.462 e. The Kier molecular flexibility index (Phi) is 21.9. The van der Waals surface area contributed by atoms with Crippen molar-refractivity contribution in [3.05, 3.63) is 12.2 Å². The van der Waals surface area contributed by atoms with Crippen molar-refractivity contribution in [2.24, 2.45) is 0 Å². The fourth-order valence-electron chi connectivity index (χ4n) is 4.53. The van der Waals surface area contributed by atoms with Crippen LogP contribution in [0.2, 0.25) is 0 Å². The normalized spacial score (nSPS) is 23.5. The highest BCUT2D eigenvalue weighted by Crippen LogP contribution is 2.22. The van der Waals surface area contributed by atoms with Crippen molar-refractivity contribution in [1.29, 1.82) is 0 Å². The molecule has 41 heavy (non-hydrogen) atoms. The average molecular weight is 589 g/mol. The zero-order valence-corrected chi connectivity index (χ0v) is 25.3. The molecule has 1 heterocycles. The van der Waals surface area contributed by atoms with Gasteiger partial charge in [-0.1, -0.05) is 77.4 Å². The van der Waals surface area contributed by atoms with E-state index < -0.39 is 55.4 Å². The molecule has 0 bridgehead atoms. The Balaban J connectivity index is 2.45. The molecule has 6 atom stereocenters. The molecule has 0 radical (unpaired) electrons. The van der Waals surface area contributed by atoms with Gasteiger partial charge >= 0.3 is 11.9 Å². The predicted octanol–water partition coefficient (Wildman–Crippen LogP) is 4.10. The van der Waals surface area contributed by atoms with Gasteiger partial charge in [-0.2, -0.15) is 0 Å². The molecule has 0 spiro atoms. The van der Waals surface area contributed by atoms with Crippen LogP contribution in [0.25, 0.3) is 0 Å². The summed E-state index contributed by atoms with van der Waals surface area (Å²) in [6.45, 7) is 3.21. The summed E-state index contributed by atoms with van der Waals surface area (Å²) in [4.78, 5) is 24.7. The molecule has 0 aliphatic carbocycles. The first-order chi connectivity index (χ1) is 19.8. The van der Waals surface area contributed by atoms with Crippen LogP contribution in [0.3, 0.4) is 0 Å². The van der Waals surface area contributed by atoms with E-state index >= 15 is 0 Å². The topological polar surface area (TPSA) is 152 Å². The van der Waals surface area contributed by atoms with Gasteiger partial charge in [-0.15, -0.1) is 0 Å². The second kappa shape index (κ2) is 23.9. The van der Waals surface area contributed by atoms with E-state index in [-0.39, 0.29) is 26.1 Å². The molecule has 240 valence electrons. The molecule has 0 aromatic rings. The van der Waals surface area contributed by atoms with Crippen LogP contribution in [0, 0.1) is 0 Å². The highest BCUT2D eigenvalue weighted by atomic mass is 16.7. The zero-order chi connectivity index (χ0) is 30.3. The Morgan fingerprint density at radius 1 is 0.732 bits per heavy atom. The molecule has 1 aliphatic rings. The van der Waals surface area contributed by atoms with Gasteiger partial charge in [-0.3, -0.25) is 9.59 Å². The van der Waals surface area contributed by atoms with Gasteiger partial charge < -0.3 is 39.4 Å². The number of aliphatic hydroxyl groups is 4. The van der Waals surface area contributed by atoms with Crippen LogP contribution < -0.4 is 0 Å². The Labute approximate surface area is 246 Å². The summed E-state index contributed by atoms with van der Waals surface area (Å²) < 4.78 is 21.7. The molecule has 6 unspecified atom stereocenters. The van der Waals surface area contributed by atoms with Gasteiger partial charge in [-0.25, -0.2) is 0 Å². The van der Waals surface area contributed by atoms with Crippen LogP contribution in [0.15, 0.2) is 12.2 Å². The van der Waals surface area contributed by atoms with Crippen molar-refractivity contribution in [2.75, 3.05) is 19.8 Å². The minimum atomic E-state index is -1.59. The van der Waals surface area contributed by atoms with E-state index in [1.165, 1.54) is 19.3 Å². The van der Waals surface area contributed by atoms with Gasteiger partial charge in [0.2, 0.25) is 0 Å². The molecule has 0 amide bonds. The Hall–Kier alpha value is -1.56. The molecule has 1 saturated heterocycles. The van der Waals surface area contributed by atoms with E-state index in [1.807, 2.05) is 0 Å². The van der Waals surface area contributed by atoms with Crippen LogP contribution in [-0.4, -0.2) is 89.0 Å². The molecular weight excluding hydrogens is 532 g/mol. The van der Waals surface area contributed by atoms with Crippen LogP contribution in [0.5, 0.6) is 0 Å². The van der Waals surface area contributed by atoms with E-state index in [0.29, 0.717) is 12.8 Å². The molecule has 1 aliphatic heterocycles. The first-order valence-corrected chi connectivity index (χ1v) is 15.8. The number of carbonyl (C=O) groups excluding carboxylic acids is 2. The maximum absolute atomic E-state index is 12.5. The van der Waals surface area contributed by atoms with Gasteiger partial charge in [-0.05, 0) is 38.5 Å². The monoisotopic (exact) mass is 588 g/mol. The summed E-state index contributed by atoms with van der Waals surface area (Å²) in [7, 11) is 0. The van der Waals surface area contributed by atoms with Crippen LogP contribution in [0.1, 0.15) is 117 Å². The van der Waals surface area contributed by atoms with Gasteiger partial charge in [0.05, 0.1) is 13.2 Å². The summed E-state index contributed by atoms with van der Waals surface area (Å²) in [6, 6.07) is 0. The van der Waals surface area contributed by atoms with E-state index in [0.717, 1.165) is 57.8 Å². The van der Waals surface area contributed by atoms with Gasteiger partial charge in [0, 0.05) is 12.8 Å². The average Bonchev–Trinajstić information content (AvgIpc) is 2.96. The van der Waals surface area contributed by atoms with Gasteiger partial charge in [0.1, 0.15) is 31.0 Å². The summed E-state index contributed by atoms with van der Waals surface area (Å²) in [5.74, 6) is -0.841. The Morgan fingerprint density at radius 3 is 1.95 bits per heavy atom. The van der Waals surface area contributed by atoms with Crippen molar-refractivity contribution in [2.45, 2.75) is 153 Å². The number of hydrogen-bond donors (Lipinski definition) is 4. The first kappa shape index (κ1) is 37.5. The fourth-order valence-corrected chi connectivity index (χ4v) is 4.53. The summed E-state index contributed by atoms with van der Waals surface area (Å²) >= 11 is 0. The summed E-state index contributed by atoms with van der Waals surface area (Å²) in [5.41, 5.74) is 0. The van der Waals surface area contributed by atoms with Crippen molar-refractivity contribution < 1.29 is 49.0 Å². The lowest BCUT2D eigenvalue weighted by Gasteiger charge is -2.39. The standard InChI is InChI=1S/C31H56O10/c1-3-5-7-9-10-11-12-13-14-15-16-18-20-27(34)40-24(22-38-26(33)19-17-8-6-4-2)23-39-31-30(37)29(36)28(35)25(21-32)41-31/h10-11,24-25,28-32,35-37H,3-9,12-23H2,1-2H3/b11-10-. The lowest BCUT2D eigenvalue weighted by Crippen LogP contribution is -2.59. The second-order valence-corrected chi connectivity index (χ2v) is 10.9. The van der Waals surface area contributed by atoms with Crippen molar-refractivity contribution in [3.63, 3.8) is 0 Å². The lowest BCUT2D eigenvalue weighted by atomic mass is 9.99. The third-order valence-electron chi connectivity index (χ3n) is 7.15. The van der Waals surface area contributed by atoms with Gasteiger partial charge in [0.15, 0.2) is 12.4 Å². The largest absolute Gasteiger partial charge is 0.462 e. The molecule has 4 N–H and O–H groups in total. The first-order valence-electron chi connectivity index (χ1n) is 15.8. The van der Waals surface area contributed by atoms with Crippen molar-refractivity contribution >= 4 is 11.9 Å². The van der Waals surface area contributed by atoms with E-state index in [4.69, 9.17) is 18.9 Å². The smallest absolute Gasteiger partial charge is 0.306 e. The molecular formula is C31H56O10. The van der Waals surface area contributed by atoms with Crippen molar-refractivity contribution in [3.8, 4) is 0 Å². The van der Waals surface area contributed by atoms with Crippen molar-refractivity contribution in [1.82, 2.24) is 0 Å². The number of carbonyl (C=O) groups is 2. The van der Waals surface area contributed by atoms with E-state index in [1.54, 1.807) is 0 Å². The number of rotatable bonds is 24. The predicted molar refractivity (Wildman–Crippen MR) is 155 cm³/mol. The molecule has 10 nitrogen and oxygen atoms in total. The maximum atomic E-state index is 12.5. The summed E-state index contributed by atoms with van der Waals surface area (Å²) in [6.07, 6.45) is 11.5. The van der Waals surface area contributed by atoms with Crippen LogP contribution >= 0.6 is 0 Å². The van der Waals surface area contributed by atoms with E-state index in [9.17, 15) is 30.0 Å². The third kappa shape index (κ3) is 17.2. The Morgan fingerprint density at radius 2 is 1.29 bits per heavy atom. The lowest BCUT2D eigenvalue weighted by molar-refractivity contribution is -0.305. The number of esters is 2. The molecule has 1 fully saturated rings. The minimum absolute atomic E-state index is 0.221. The number of aliphatic hydroxyl groups excluding tert-OH is 4. The van der Waals surface area contributed by atoms with Crippen LogP contribution in [-0.2, 0) is 28.5 Å². The number of unbranched alkanes of at least 4 members (excludes halogenated alkanes) is 11. The summed E-state index contributed by atoms with van der Waals surface area (Å²) in [5, 5.41) is 39.5. The van der Waals surface area contributed by atoms with Crippen LogP contribution in [0.4, 0.5) is 0 Å². The quantitative estimate of drug-likeness (QED) is 0.0737. The highest BCUT2D eigenvalue weighted by Gasteiger charge is 2.44. The number of hydrogen-bond acceptors (Lipinski definition) is 10. The highest BCUT2D eigenvalue weighted by molar-refractivity contribution is 5.70. The number of allylic oxidation sites excluding steroid dienone is 2. The fraction of sp³-hybridized carbons (Fsp3) is 0.871. The molecule has 10 heteroatoms. The van der Waals surface area contributed by atoms with Gasteiger partial charge in [0.25, 0.3) is 0 Å². The zero-order valence-electron chi connectivity index (χ0n) is 25.3. The second-order valence-electron chi connectivity index (χ2n) is 10.9. The maximum Gasteiger partial charge on any atom is 0.306 e. The third-order valence-corrected chi connectivity index (χ3v) is 7.15. The SMILES string of the molecule is CCCCC/C=C\CCCCCCCC(=O)OC(COC(=O)CCCCCC)COC1OC(CO)C(O)C(O)C1O. The van der Waals surface area contributed by atoms with E-state index in [2.05, 4.69) is 26.0 Å². The number of ether oxygens (including phenoxy) is 4. The molecule has 1 rings (SSSR count). The Bertz CT molecular complexity index is 698. The molecule has 0 aromatic heterocycles. The molecule has 0 saturated carbocycles. The molecule has 0 aromatic carbocycles.